The molecule has 38 heavy (non-hydrogen) atoms. The molecule has 0 bridgehead atoms. The number of hydrogen-bond acceptors (Lipinski definition) is 6. The predicted molar refractivity (Wildman–Crippen MR) is 144 cm³/mol. The molecular weight excluding hydrogens is 491 g/mol. The van der Waals surface area contributed by atoms with Crippen LogP contribution in [0.25, 0.3) is 16.9 Å². The molecule has 1 N–H and O–H groups in total. The summed E-state index contributed by atoms with van der Waals surface area (Å²) in [5.74, 6) is 1.26. The van der Waals surface area contributed by atoms with Gasteiger partial charge in [0.15, 0.2) is 17.0 Å². The monoisotopic (exact) mass is 523 g/mol. The number of aryl methyl sites for hydroxylation is 2. The first-order chi connectivity index (χ1) is 18.2. The maximum atomic E-state index is 13.0. The molecule has 0 atom stereocenters. The zero-order valence-corrected chi connectivity index (χ0v) is 21.9. The van der Waals surface area contributed by atoms with Crippen LogP contribution in [0.1, 0.15) is 28.9 Å². The molecule has 7 nitrogen and oxygen atoms in total. The number of imidazole rings is 1. The van der Waals surface area contributed by atoms with E-state index < -0.39 is 11.7 Å². The van der Waals surface area contributed by atoms with E-state index in [4.69, 9.17) is 0 Å². The minimum absolute atomic E-state index is 0.558. The molecule has 1 aliphatic rings. The Morgan fingerprint density at radius 3 is 2.37 bits per heavy atom. The molecule has 2 aromatic heterocycles. The number of halogens is 3. The lowest BCUT2D eigenvalue weighted by atomic mass is 10.1. The normalized spacial score (nSPS) is 14.8. The third kappa shape index (κ3) is 5.31. The summed E-state index contributed by atoms with van der Waals surface area (Å²) >= 11 is 0. The fraction of sp³-hybridized carbons (Fsp3) is 0.393. The highest BCUT2D eigenvalue weighted by Gasteiger charge is 2.30. The van der Waals surface area contributed by atoms with Crippen LogP contribution in [0.5, 0.6) is 0 Å². The molecule has 1 aliphatic heterocycles. The van der Waals surface area contributed by atoms with Crippen LogP contribution in [0.4, 0.5) is 24.7 Å². The summed E-state index contributed by atoms with van der Waals surface area (Å²) < 4.78 is 40.7. The maximum absolute atomic E-state index is 13.0. The van der Waals surface area contributed by atoms with Gasteiger partial charge in [0.05, 0.1) is 5.56 Å². The van der Waals surface area contributed by atoms with E-state index in [1.54, 1.807) is 11.5 Å². The topological polar surface area (TPSA) is 62.1 Å². The second-order valence-corrected chi connectivity index (χ2v) is 9.76. The van der Waals surface area contributed by atoms with Gasteiger partial charge in [0.2, 0.25) is 0 Å². The molecule has 1 saturated heterocycles. The number of hydrogen-bond donors (Lipinski definition) is 1. The van der Waals surface area contributed by atoms with Gasteiger partial charge < -0.3 is 10.2 Å². The zero-order valence-electron chi connectivity index (χ0n) is 21.9. The standard InChI is InChI=1S/C28H32F3N7/c1-19-6-4-7-24(20(19)2)37-16-14-36(15-17-37)13-5-12-32-26-25-27(34-18-33-26)38(21(3)35-25)23-10-8-22(9-11-23)28(29,30)31/h4,6-11,18H,5,12-17H2,1-3H3,(H,32,33,34). The Balaban J connectivity index is 1.18. The Morgan fingerprint density at radius 2 is 1.66 bits per heavy atom. The second kappa shape index (κ2) is 10.6. The SMILES string of the molecule is Cc1cccc(N2CCN(CCCNc3ncnc4c3nc(C)n4-c3ccc(C(F)(F)F)cc3)CC2)c1C. The number of aromatic nitrogens is 4. The fourth-order valence-corrected chi connectivity index (χ4v) is 5.04. The van der Waals surface area contributed by atoms with Crippen molar-refractivity contribution < 1.29 is 13.2 Å². The smallest absolute Gasteiger partial charge is 0.369 e. The van der Waals surface area contributed by atoms with Crippen molar-refractivity contribution in [3.05, 3.63) is 71.3 Å². The highest BCUT2D eigenvalue weighted by molar-refractivity contribution is 5.84. The number of nitrogens with one attached hydrogen (secondary N) is 1. The van der Waals surface area contributed by atoms with E-state index in [1.165, 1.54) is 35.3 Å². The number of rotatable bonds is 7. The van der Waals surface area contributed by atoms with E-state index in [0.29, 0.717) is 28.5 Å². The highest BCUT2D eigenvalue weighted by Crippen LogP contribution is 2.31. The summed E-state index contributed by atoms with van der Waals surface area (Å²) in [5.41, 5.74) is 5.07. The quantitative estimate of drug-likeness (QED) is 0.328. The first-order valence-electron chi connectivity index (χ1n) is 12.9. The van der Waals surface area contributed by atoms with Gasteiger partial charge in [-0.15, -0.1) is 0 Å². The summed E-state index contributed by atoms with van der Waals surface area (Å²) in [5, 5.41) is 3.38. The van der Waals surface area contributed by atoms with Crippen molar-refractivity contribution in [2.24, 2.45) is 0 Å². The van der Waals surface area contributed by atoms with E-state index >= 15 is 0 Å². The lowest BCUT2D eigenvalue weighted by Crippen LogP contribution is -2.47. The second-order valence-electron chi connectivity index (χ2n) is 9.76. The van der Waals surface area contributed by atoms with E-state index in [2.05, 4.69) is 62.1 Å². The molecule has 5 rings (SSSR count). The van der Waals surface area contributed by atoms with E-state index in [9.17, 15) is 13.2 Å². The third-order valence-electron chi connectivity index (χ3n) is 7.30. The average molecular weight is 524 g/mol. The van der Waals surface area contributed by atoms with Crippen LogP contribution in [0.15, 0.2) is 48.8 Å². The zero-order chi connectivity index (χ0) is 26.9. The van der Waals surface area contributed by atoms with Gasteiger partial charge in [0, 0.05) is 44.1 Å². The first-order valence-corrected chi connectivity index (χ1v) is 12.9. The number of alkyl halides is 3. The minimum Gasteiger partial charge on any atom is -0.369 e. The van der Waals surface area contributed by atoms with Crippen LogP contribution >= 0.6 is 0 Å². The molecule has 0 unspecified atom stereocenters. The first kappa shape index (κ1) is 26.0. The molecule has 0 saturated carbocycles. The Kier molecular flexibility index (Phi) is 7.25. The van der Waals surface area contributed by atoms with Gasteiger partial charge >= 0.3 is 6.18 Å². The van der Waals surface area contributed by atoms with Crippen LogP contribution < -0.4 is 10.2 Å². The summed E-state index contributed by atoms with van der Waals surface area (Å²) in [6.45, 7) is 12.0. The lowest BCUT2D eigenvalue weighted by molar-refractivity contribution is -0.137. The molecule has 3 heterocycles. The molecule has 0 amide bonds. The number of benzene rings is 2. The van der Waals surface area contributed by atoms with Gasteiger partial charge in [0.25, 0.3) is 0 Å². The maximum Gasteiger partial charge on any atom is 0.416 e. The van der Waals surface area contributed by atoms with Gasteiger partial charge in [-0.3, -0.25) is 9.47 Å². The van der Waals surface area contributed by atoms with Crippen molar-refractivity contribution in [3.8, 4) is 5.69 Å². The Labute approximate surface area is 220 Å². The van der Waals surface area contributed by atoms with Crippen LogP contribution in [0.3, 0.4) is 0 Å². The van der Waals surface area contributed by atoms with Crippen LogP contribution in [-0.2, 0) is 6.18 Å². The van der Waals surface area contributed by atoms with Gasteiger partial charge in [-0.1, -0.05) is 12.1 Å². The van der Waals surface area contributed by atoms with Gasteiger partial charge in [-0.25, -0.2) is 15.0 Å². The summed E-state index contributed by atoms with van der Waals surface area (Å²) in [6.07, 6.45) is -1.97. The minimum atomic E-state index is -4.38. The molecule has 0 radical (unpaired) electrons. The Morgan fingerprint density at radius 1 is 0.921 bits per heavy atom. The van der Waals surface area contributed by atoms with Gasteiger partial charge in [-0.2, -0.15) is 13.2 Å². The molecule has 200 valence electrons. The summed E-state index contributed by atoms with van der Waals surface area (Å²) in [7, 11) is 0. The van der Waals surface area contributed by atoms with E-state index in [-0.39, 0.29) is 0 Å². The van der Waals surface area contributed by atoms with Gasteiger partial charge in [0.1, 0.15) is 12.2 Å². The Hall–Kier alpha value is -3.66. The lowest BCUT2D eigenvalue weighted by Gasteiger charge is -2.37. The van der Waals surface area contributed by atoms with Crippen molar-refractivity contribution >= 4 is 22.7 Å². The van der Waals surface area contributed by atoms with E-state index in [1.807, 2.05) is 0 Å². The van der Waals surface area contributed by atoms with Crippen molar-refractivity contribution in [2.45, 2.75) is 33.4 Å². The number of anilines is 2. The molecule has 1 fully saturated rings. The average Bonchev–Trinajstić information content (AvgIpc) is 3.24. The Bertz CT molecular complexity index is 1400. The third-order valence-corrected chi connectivity index (χ3v) is 7.30. The van der Waals surface area contributed by atoms with Crippen molar-refractivity contribution in [2.75, 3.05) is 49.5 Å². The van der Waals surface area contributed by atoms with Crippen molar-refractivity contribution in [1.82, 2.24) is 24.4 Å². The summed E-state index contributed by atoms with van der Waals surface area (Å²) in [4.78, 5) is 18.3. The van der Waals surface area contributed by atoms with Crippen LogP contribution in [-0.4, -0.2) is 63.7 Å². The number of nitrogens with zero attached hydrogens (tertiary/aromatic N) is 6. The van der Waals surface area contributed by atoms with Crippen molar-refractivity contribution in [3.63, 3.8) is 0 Å². The molecule has 2 aromatic carbocycles. The number of piperazine rings is 1. The fourth-order valence-electron chi connectivity index (χ4n) is 5.04. The predicted octanol–water partition coefficient (Wildman–Crippen LogP) is 5.38. The van der Waals surface area contributed by atoms with Crippen LogP contribution in [0, 0.1) is 20.8 Å². The molecule has 4 aromatic rings. The van der Waals surface area contributed by atoms with Crippen molar-refractivity contribution in [1.29, 1.82) is 0 Å². The molecule has 0 spiro atoms. The molecule has 10 heteroatoms. The largest absolute Gasteiger partial charge is 0.416 e. The molecule has 0 aliphatic carbocycles. The van der Waals surface area contributed by atoms with Gasteiger partial charge in [-0.05, 0) is 75.2 Å². The number of fused-ring (bicyclic) bond motifs is 1. The van der Waals surface area contributed by atoms with Crippen LogP contribution in [0.2, 0.25) is 0 Å². The van der Waals surface area contributed by atoms with E-state index in [0.717, 1.165) is 57.8 Å². The highest BCUT2D eigenvalue weighted by atomic mass is 19.4. The summed E-state index contributed by atoms with van der Waals surface area (Å²) in [6, 6.07) is 11.5. The molecular formula is C28H32F3N7.